The van der Waals surface area contributed by atoms with Crippen molar-refractivity contribution in [2.24, 2.45) is 0 Å². The van der Waals surface area contributed by atoms with Gasteiger partial charge in [0.1, 0.15) is 0 Å². The van der Waals surface area contributed by atoms with Crippen molar-refractivity contribution in [2.45, 2.75) is 46.0 Å². The minimum atomic E-state index is -1.19. The van der Waals surface area contributed by atoms with E-state index in [9.17, 15) is 0 Å². The maximum atomic E-state index is 3.58. The lowest BCUT2D eigenvalue weighted by Crippen LogP contribution is -2.37. The van der Waals surface area contributed by atoms with Crippen LogP contribution in [0.4, 0.5) is 5.69 Å². The lowest BCUT2D eigenvalue weighted by Gasteiger charge is -2.18. The highest BCUT2D eigenvalue weighted by Gasteiger charge is 2.15. The summed E-state index contributed by atoms with van der Waals surface area (Å²) in [6, 6.07) is 17.7. The van der Waals surface area contributed by atoms with Crippen LogP contribution in [0.1, 0.15) is 30.9 Å². The number of rotatable bonds is 5. The van der Waals surface area contributed by atoms with Crippen molar-refractivity contribution in [1.29, 1.82) is 0 Å². The summed E-state index contributed by atoms with van der Waals surface area (Å²) in [6.45, 7) is 12.5. The molecule has 0 heterocycles. The quantitative estimate of drug-likeness (QED) is 0.769. The average Bonchev–Trinajstić information content (AvgIpc) is 2.45. The van der Waals surface area contributed by atoms with Gasteiger partial charge in [-0.25, -0.2) is 0 Å². The number of para-hydroxylation sites is 1. The van der Waals surface area contributed by atoms with E-state index in [0.717, 1.165) is 6.54 Å². The summed E-state index contributed by atoms with van der Waals surface area (Å²) >= 11 is 0. The van der Waals surface area contributed by atoms with Crippen LogP contribution in [0.3, 0.4) is 0 Å². The molecule has 0 aliphatic heterocycles. The van der Waals surface area contributed by atoms with Crippen LogP contribution in [0.15, 0.2) is 48.5 Å². The van der Waals surface area contributed by atoms with Gasteiger partial charge in [0.25, 0.3) is 0 Å². The van der Waals surface area contributed by atoms with Gasteiger partial charge in [-0.1, -0.05) is 81.1 Å². The first-order valence-corrected chi connectivity index (χ1v) is 11.3. The van der Waals surface area contributed by atoms with Crippen molar-refractivity contribution in [3.05, 3.63) is 59.7 Å². The van der Waals surface area contributed by atoms with E-state index in [-0.39, 0.29) is 0 Å². The fourth-order valence-electron chi connectivity index (χ4n) is 2.48. The molecular weight excluding hydrogens is 270 g/mol. The smallest absolute Gasteiger partial charge is 0.0775 e. The van der Waals surface area contributed by atoms with Gasteiger partial charge in [0.2, 0.25) is 0 Å². The molecule has 0 saturated carbocycles. The SMILES string of the molecule is CC(C)c1ccccc1NCc1ccc([Si](C)(C)C)cc1. The third-order valence-electron chi connectivity index (χ3n) is 3.89. The molecule has 2 heteroatoms. The number of nitrogens with one attached hydrogen (secondary N) is 1. The summed E-state index contributed by atoms with van der Waals surface area (Å²) in [4.78, 5) is 0. The summed E-state index contributed by atoms with van der Waals surface area (Å²) in [5, 5.41) is 5.10. The Morgan fingerprint density at radius 1 is 0.905 bits per heavy atom. The van der Waals surface area contributed by atoms with E-state index < -0.39 is 8.07 Å². The molecule has 2 rings (SSSR count). The highest BCUT2D eigenvalue weighted by molar-refractivity contribution is 6.88. The minimum Gasteiger partial charge on any atom is -0.381 e. The Labute approximate surface area is 130 Å². The zero-order chi connectivity index (χ0) is 15.5. The highest BCUT2D eigenvalue weighted by atomic mass is 28.3. The summed E-state index contributed by atoms with van der Waals surface area (Å²) in [6.07, 6.45) is 0. The van der Waals surface area contributed by atoms with Crippen LogP contribution in [0.5, 0.6) is 0 Å². The summed E-state index contributed by atoms with van der Waals surface area (Å²) in [5.74, 6) is 0.544. The van der Waals surface area contributed by atoms with E-state index in [1.165, 1.54) is 22.0 Å². The molecule has 0 fully saturated rings. The summed E-state index contributed by atoms with van der Waals surface area (Å²) in [7, 11) is -1.19. The fraction of sp³-hybridized carbons (Fsp3) is 0.368. The molecule has 2 aromatic carbocycles. The predicted octanol–water partition coefficient (Wildman–Crippen LogP) is 4.97. The Balaban J connectivity index is 2.07. The standard InChI is InChI=1S/C19H27NSi/c1-15(2)18-8-6-7-9-19(18)20-14-16-10-12-17(13-11-16)21(3,4)5/h6-13,15,20H,14H2,1-5H3. The molecule has 0 radical (unpaired) electrons. The zero-order valence-electron chi connectivity index (χ0n) is 13.9. The van der Waals surface area contributed by atoms with Crippen molar-refractivity contribution in [3.8, 4) is 0 Å². The monoisotopic (exact) mass is 297 g/mol. The topological polar surface area (TPSA) is 12.0 Å². The van der Waals surface area contributed by atoms with Crippen LogP contribution in [-0.2, 0) is 6.54 Å². The maximum Gasteiger partial charge on any atom is 0.0775 e. The van der Waals surface area contributed by atoms with Gasteiger partial charge in [-0.05, 0) is 23.1 Å². The van der Waals surface area contributed by atoms with Gasteiger partial charge in [0.05, 0.1) is 8.07 Å². The second kappa shape index (κ2) is 6.48. The van der Waals surface area contributed by atoms with Crippen LogP contribution in [-0.4, -0.2) is 8.07 Å². The molecule has 1 N–H and O–H groups in total. The molecule has 0 aliphatic rings. The molecule has 2 aromatic rings. The van der Waals surface area contributed by atoms with Gasteiger partial charge >= 0.3 is 0 Å². The van der Waals surface area contributed by atoms with Gasteiger partial charge in [0, 0.05) is 12.2 Å². The van der Waals surface area contributed by atoms with Crippen molar-refractivity contribution in [2.75, 3.05) is 5.32 Å². The lowest BCUT2D eigenvalue weighted by atomic mass is 10.0. The van der Waals surface area contributed by atoms with E-state index in [2.05, 4.69) is 87.3 Å². The van der Waals surface area contributed by atoms with Crippen molar-refractivity contribution >= 4 is 18.9 Å². The molecule has 0 aliphatic carbocycles. The first-order chi connectivity index (χ1) is 9.88. The van der Waals surface area contributed by atoms with Gasteiger partial charge < -0.3 is 5.32 Å². The van der Waals surface area contributed by atoms with Crippen molar-refractivity contribution in [1.82, 2.24) is 0 Å². The molecule has 0 spiro atoms. The predicted molar refractivity (Wildman–Crippen MR) is 97.3 cm³/mol. The molecule has 112 valence electrons. The van der Waals surface area contributed by atoms with Gasteiger partial charge in [0.15, 0.2) is 0 Å². The van der Waals surface area contributed by atoms with Crippen LogP contribution in [0.2, 0.25) is 19.6 Å². The van der Waals surface area contributed by atoms with Crippen LogP contribution >= 0.6 is 0 Å². The van der Waals surface area contributed by atoms with Crippen molar-refractivity contribution < 1.29 is 0 Å². The van der Waals surface area contributed by atoms with Crippen LogP contribution in [0.25, 0.3) is 0 Å². The Hall–Kier alpha value is -1.54. The summed E-state index contributed by atoms with van der Waals surface area (Å²) < 4.78 is 0. The Kier molecular flexibility index (Phi) is 4.89. The number of hydrogen-bond acceptors (Lipinski definition) is 1. The second-order valence-electron chi connectivity index (χ2n) is 7.04. The van der Waals surface area contributed by atoms with E-state index in [1.54, 1.807) is 0 Å². The Bertz CT molecular complexity index is 579. The number of hydrogen-bond donors (Lipinski definition) is 1. The highest BCUT2D eigenvalue weighted by Crippen LogP contribution is 2.24. The third-order valence-corrected chi connectivity index (χ3v) is 5.95. The molecule has 0 unspecified atom stereocenters. The molecule has 0 saturated heterocycles. The van der Waals surface area contributed by atoms with Gasteiger partial charge in [-0.2, -0.15) is 0 Å². The van der Waals surface area contributed by atoms with E-state index in [4.69, 9.17) is 0 Å². The maximum absolute atomic E-state index is 3.58. The Morgan fingerprint density at radius 3 is 2.10 bits per heavy atom. The second-order valence-corrected chi connectivity index (χ2v) is 12.1. The van der Waals surface area contributed by atoms with Crippen molar-refractivity contribution in [3.63, 3.8) is 0 Å². The fourth-order valence-corrected chi connectivity index (χ4v) is 3.65. The number of anilines is 1. The zero-order valence-corrected chi connectivity index (χ0v) is 14.9. The molecular formula is C19H27NSi. The van der Waals surface area contributed by atoms with Gasteiger partial charge in [-0.15, -0.1) is 0 Å². The number of benzene rings is 2. The average molecular weight is 298 g/mol. The molecule has 1 nitrogen and oxygen atoms in total. The first-order valence-electron chi connectivity index (χ1n) is 7.80. The molecule has 0 atom stereocenters. The third kappa shape index (κ3) is 4.21. The first kappa shape index (κ1) is 15.8. The Morgan fingerprint density at radius 2 is 1.52 bits per heavy atom. The normalized spacial score (nSPS) is 11.7. The molecule has 21 heavy (non-hydrogen) atoms. The van der Waals surface area contributed by atoms with E-state index in [0.29, 0.717) is 5.92 Å². The summed E-state index contributed by atoms with van der Waals surface area (Å²) in [5.41, 5.74) is 3.98. The van der Waals surface area contributed by atoms with Crippen LogP contribution in [0, 0.1) is 0 Å². The molecule has 0 amide bonds. The van der Waals surface area contributed by atoms with Crippen LogP contribution < -0.4 is 10.5 Å². The van der Waals surface area contributed by atoms with E-state index >= 15 is 0 Å². The minimum absolute atomic E-state index is 0.544. The van der Waals surface area contributed by atoms with E-state index in [1.807, 2.05) is 0 Å². The van der Waals surface area contributed by atoms with Gasteiger partial charge in [-0.3, -0.25) is 0 Å². The largest absolute Gasteiger partial charge is 0.381 e. The lowest BCUT2D eigenvalue weighted by molar-refractivity contribution is 0.865. The molecule has 0 bridgehead atoms. The molecule has 0 aromatic heterocycles.